The summed E-state index contributed by atoms with van der Waals surface area (Å²) < 4.78 is 2.20. The van der Waals surface area contributed by atoms with E-state index in [4.69, 9.17) is 28.2 Å². The van der Waals surface area contributed by atoms with Gasteiger partial charge in [-0.25, -0.2) is 4.98 Å². The second kappa shape index (κ2) is 13.1. The summed E-state index contributed by atoms with van der Waals surface area (Å²) in [4.78, 5) is 34.7. The van der Waals surface area contributed by atoms with Crippen molar-refractivity contribution in [3.63, 3.8) is 0 Å². The van der Waals surface area contributed by atoms with Crippen LogP contribution in [0.4, 0.5) is 0 Å². The number of piperazine rings is 1. The monoisotopic (exact) mass is 646 g/mol. The van der Waals surface area contributed by atoms with Gasteiger partial charge in [0.1, 0.15) is 5.52 Å². The van der Waals surface area contributed by atoms with Crippen molar-refractivity contribution in [1.82, 2.24) is 29.5 Å². The van der Waals surface area contributed by atoms with Crippen LogP contribution in [0.3, 0.4) is 0 Å². The summed E-state index contributed by atoms with van der Waals surface area (Å²) in [5, 5.41) is 11.4. The molecule has 0 radical (unpaired) electrons. The van der Waals surface area contributed by atoms with Crippen LogP contribution in [0.2, 0.25) is 10.0 Å². The standard InChI is InChI=1S/C33H32Cl2N6O2S/c1-21-10-13-28-25(17-21)30-31(41(28)20-23-7-4-3-5-8-23)36-33(38-37-30)44-16-6-9-29(42)39-14-15-40(22(2)19-39)32(43)24-11-12-26(34)27(35)18-24/h3-5,7-8,10-13,17-18,22H,6,9,14-16,19-20H2,1-2H3. The summed E-state index contributed by atoms with van der Waals surface area (Å²) in [5.41, 5.74) is 5.53. The molecule has 0 aliphatic carbocycles. The Kier molecular flexibility index (Phi) is 9.07. The Labute approximate surface area is 270 Å². The van der Waals surface area contributed by atoms with Crippen LogP contribution >= 0.6 is 35.0 Å². The van der Waals surface area contributed by atoms with E-state index in [0.29, 0.717) is 65.5 Å². The predicted octanol–water partition coefficient (Wildman–Crippen LogP) is 6.89. The number of carbonyl (C=O) groups excluding carboxylic acids is 2. The molecule has 3 heterocycles. The van der Waals surface area contributed by atoms with Crippen LogP contribution in [0.25, 0.3) is 22.1 Å². The molecule has 1 fully saturated rings. The van der Waals surface area contributed by atoms with Crippen molar-refractivity contribution in [2.24, 2.45) is 0 Å². The average molecular weight is 648 g/mol. The number of aryl methyl sites for hydroxylation is 1. The lowest BCUT2D eigenvalue weighted by atomic mass is 10.1. The maximum absolute atomic E-state index is 13.1. The Morgan fingerprint density at radius 2 is 1.80 bits per heavy atom. The van der Waals surface area contributed by atoms with E-state index in [0.717, 1.165) is 27.6 Å². The van der Waals surface area contributed by atoms with Gasteiger partial charge in [-0.15, -0.1) is 10.2 Å². The summed E-state index contributed by atoms with van der Waals surface area (Å²) >= 11 is 13.6. The van der Waals surface area contributed by atoms with Crippen LogP contribution in [0.5, 0.6) is 0 Å². The van der Waals surface area contributed by atoms with Crippen molar-refractivity contribution in [2.45, 2.75) is 44.4 Å². The van der Waals surface area contributed by atoms with E-state index in [-0.39, 0.29) is 17.9 Å². The number of thioether (sulfide) groups is 1. The van der Waals surface area contributed by atoms with Gasteiger partial charge in [0.2, 0.25) is 11.1 Å². The van der Waals surface area contributed by atoms with E-state index in [1.807, 2.05) is 30.0 Å². The molecule has 5 aromatic rings. The number of benzene rings is 3. The number of nitrogens with zero attached hydrogens (tertiary/aromatic N) is 6. The molecule has 0 spiro atoms. The summed E-state index contributed by atoms with van der Waals surface area (Å²) in [6.07, 6.45) is 1.11. The van der Waals surface area contributed by atoms with Crippen molar-refractivity contribution in [3.8, 4) is 0 Å². The number of aromatic nitrogens is 4. The number of amides is 2. The van der Waals surface area contributed by atoms with Gasteiger partial charge in [-0.2, -0.15) is 0 Å². The van der Waals surface area contributed by atoms with Crippen molar-refractivity contribution >= 4 is 68.8 Å². The normalized spacial score (nSPS) is 15.3. The van der Waals surface area contributed by atoms with Gasteiger partial charge in [-0.05, 0) is 56.2 Å². The number of rotatable bonds is 8. The molecule has 3 aromatic carbocycles. The largest absolute Gasteiger partial charge is 0.339 e. The SMILES string of the molecule is Cc1ccc2c(c1)c1nnc(SCCCC(=O)N3CCN(C(=O)c4ccc(Cl)c(Cl)c4)C(C)C3)nc1n2Cc1ccccc1. The minimum atomic E-state index is -0.110. The molecular formula is C33H32Cl2N6O2S. The molecule has 0 N–H and O–H groups in total. The van der Waals surface area contributed by atoms with Crippen molar-refractivity contribution in [3.05, 3.63) is 93.5 Å². The van der Waals surface area contributed by atoms with Gasteiger partial charge in [0.25, 0.3) is 5.91 Å². The van der Waals surface area contributed by atoms with Crippen molar-refractivity contribution < 1.29 is 9.59 Å². The van der Waals surface area contributed by atoms with Gasteiger partial charge in [-0.3, -0.25) is 9.59 Å². The molecule has 11 heteroatoms. The van der Waals surface area contributed by atoms with Gasteiger partial charge < -0.3 is 14.4 Å². The zero-order chi connectivity index (χ0) is 30.8. The Hall–Kier alpha value is -3.66. The first-order chi connectivity index (χ1) is 21.3. The fraction of sp³-hybridized carbons (Fsp3) is 0.303. The zero-order valence-electron chi connectivity index (χ0n) is 24.5. The van der Waals surface area contributed by atoms with Crippen molar-refractivity contribution in [1.29, 1.82) is 0 Å². The van der Waals surface area contributed by atoms with Crippen molar-refractivity contribution in [2.75, 3.05) is 25.4 Å². The molecule has 1 unspecified atom stereocenters. The third kappa shape index (κ3) is 6.41. The minimum absolute atomic E-state index is 0.0898. The highest BCUT2D eigenvalue weighted by Crippen LogP contribution is 2.29. The number of fused-ring (bicyclic) bond motifs is 3. The summed E-state index contributed by atoms with van der Waals surface area (Å²) in [7, 11) is 0. The first-order valence-electron chi connectivity index (χ1n) is 14.6. The minimum Gasteiger partial charge on any atom is -0.339 e. The molecule has 44 heavy (non-hydrogen) atoms. The van der Waals surface area contributed by atoms with Gasteiger partial charge in [0, 0.05) is 55.3 Å². The highest BCUT2D eigenvalue weighted by molar-refractivity contribution is 7.99. The summed E-state index contributed by atoms with van der Waals surface area (Å²) in [6, 6.07) is 21.5. The van der Waals surface area contributed by atoms with Crippen LogP contribution < -0.4 is 0 Å². The molecule has 1 saturated heterocycles. The molecule has 226 valence electrons. The Morgan fingerprint density at radius 3 is 2.57 bits per heavy atom. The number of hydrogen-bond acceptors (Lipinski definition) is 6. The second-order valence-corrected chi connectivity index (χ2v) is 13.0. The van der Waals surface area contributed by atoms with Gasteiger partial charge in [0.05, 0.1) is 15.6 Å². The van der Waals surface area contributed by atoms with E-state index in [1.54, 1.807) is 23.1 Å². The molecule has 0 saturated carbocycles. The molecule has 2 amide bonds. The van der Waals surface area contributed by atoms with Gasteiger partial charge >= 0.3 is 0 Å². The first-order valence-corrected chi connectivity index (χ1v) is 16.4. The molecule has 8 nitrogen and oxygen atoms in total. The topological polar surface area (TPSA) is 84.2 Å². The van der Waals surface area contributed by atoms with Crippen LogP contribution in [0, 0.1) is 6.92 Å². The second-order valence-electron chi connectivity index (χ2n) is 11.1. The van der Waals surface area contributed by atoms with E-state index < -0.39 is 0 Å². The van der Waals surface area contributed by atoms with Crippen LogP contribution in [-0.4, -0.2) is 72.8 Å². The Bertz CT molecular complexity index is 1850. The highest BCUT2D eigenvalue weighted by Gasteiger charge is 2.30. The predicted molar refractivity (Wildman–Crippen MR) is 177 cm³/mol. The molecular weight excluding hydrogens is 615 g/mol. The smallest absolute Gasteiger partial charge is 0.254 e. The van der Waals surface area contributed by atoms with E-state index in [9.17, 15) is 9.59 Å². The lowest BCUT2D eigenvalue weighted by Gasteiger charge is -2.40. The third-order valence-electron chi connectivity index (χ3n) is 7.96. The molecule has 2 aromatic heterocycles. The Morgan fingerprint density at radius 1 is 0.977 bits per heavy atom. The van der Waals surface area contributed by atoms with Gasteiger partial charge in [-0.1, -0.05) is 76.9 Å². The maximum Gasteiger partial charge on any atom is 0.254 e. The molecule has 6 rings (SSSR count). The molecule has 1 atom stereocenters. The average Bonchev–Trinajstić information content (AvgIpc) is 3.32. The van der Waals surface area contributed by atoms with E-state index >= 15 is 0 Å². The summed E-state index contributed by atoms with van der Waals surface area (Å²) in [6.45, 7) is 6.18. The zero-order valence-corrected chi connectivity index (χ0v) is 26.9. The highest BCUT2D eigenvalue weighted by atomic mass is 35.5. The third-order valence-corrected chi connectivity index (χ3v) is 9.62. The fourth-order valence-corrected chi connectivity index (χ4v) is 6.69. The quantitative estimate of drug-likeness (QED) is 0.135. The van der Waals surface area contributed by atoms with Gasteiger partial charge in [0.15, 0.2) is 5.65 Å². The fourth-order valence-electron chi connectivity index (χ4n) is 5.67. The maximum atomic E-state index is 13.1. The lowest BCUT2D eigenvalue weighted by molar-refractivity contribution is -0.133. The number of halogens is 2. The Balaban J connectivity index is 1.06. The first kappa shape index (κ1) is 30.4. The van der Waals surface area contributed by atoms with Crippen LogP contribution in [0.1, 0.15) is 41.3 Å². The van der Waals surface area contributed by atoms with E-state index in [2.05, 4.69) is 52.0 Å². The summed E-state index contributed by atoms with van der Waals surface area (Å²) in [5.74, 6) is 0.678. The number of hydrogen-bond donors (Lipinski definition) is 0. The van der Waals surface area contributed by atoms with Crippen LogP contribution in [-0.2, 0) is 11.3 Å². The number of carbonyl (C=O) groups is 2. The molecule has 1 aliphatic heterocycles. The molecule has 1 aliphatic rings. The van der Waals surface area contributed by atoms with Crippen LogP contribution in [0.15, 0.2) is 71.9 Å². The van der Waals surface area contributed by atoms with E-state index in [1.165, 1.54) is 17.3 Å². The molecule has 0 bridgehead atoms. The lowest BCUT2D eigenvalue weighted by Crippen LogP contribution is -2.55.